The maximum Gasteiger partial charge on any atom is 0.309 e. The second-order valence-corrected chi connectivity index (χ2v) is 4.98. The van der Waals surface area contributed by atoms with Crippen molar-refractivity contribution in [1.82, 2.24) is 0 Å². The average molecular weight is 314 g/mol. The molecule has 3 atom stereocenters. The fourth-order valence-corrected chi connectivity index (χ4v) is 2.34. The molecule has 0 saturated heterocycles. The van der Waals surface area contributed by atoms with E-state index < -0.39 is 17.9 Å². The molecule has 0 bridgehead atoms. The van der Waals surface area contributed by atoms with E-state index in [9.17, 15) is 13.6 Å². The van der Waals surface area contributed by atoms with Crippen LogP contribution in [0.5, 0.6) is 0 Å². The Morgan fingerprint density at radius 1 is 1.41 bits per heavy atom. The van der Waals surface area contributed by atoms with Crippen molar-refractivity contribution < 1.29 is 18.3 Å². The molecule has 0 aromatic rings. The van der Waals surface area contributed by atoms with Gasteiger partial charge in [0.2, 0.25) is 0 Å². The maximum atomic E-state index is 13.8. The number of alkyl halides is 1. The largest absolute Gasteiger partial charge is 0.466 e. The second-order valence-electron chi connectivity index (χ2n) is 4.98. The first-order valence-electron chi connectivity index (χ1n) is 8.03. The normalized spacial score (nSPS) is 21.3. The van der Waals surface area contributed by atoms with Crippen LogP contribution in [0.2, 0.25) is 0 Å². The number of allylic oxidation sites excluding steroid dienone is 5. The van der Waals surface area contributed by atoms with Gasteiger partial charge in [0, 0.05) is 5.92 Å². The van der Waals surface area contributed by atoms with Crippen molar-refractivity contribution in [3.05, 3.63) is 36.2 Å². The summed E-state index contributed by atoms with van der Waals surface area (Å²) in [6.07, 6.45) is 4.12. The van der Waals surface area contributed by atoms with Crippen LogP contribution in [0.25, 0.3) is 0 Å². The lowest BCUT2D eigenvalue weighted by molar-refractivity contribution is -0.148. The molecule has 0 N–H and O–H groups in total. The van der Waals surface area contributed by atoms with E-state index in [4.69, 9.17) is 4.74 Å². The minimum atomic E-state index is -1.42. The third-order valence-electron chi connectivity index (χ3n) is 3.36. The zero-order valence-corrected chi connectivity index (χ0v) is 14.1. The number of ether oxygens (including phenoxy) is 1. The average Bonchev–Trinajstić information content (AvgIpc) is 2.49. The topological polar surface area (TPSA) is 26.3 Å². The number of halogens is 2. The number of rotatable bonds is 7. The number of hydrogen-bond donors (Lipinski definition) is 0. The molecule has 0 aromatic heterocycles. The molecule has 1 aliphatic carbocycles. The van der Waals surface area contributed by atoms with Crippen LogP contribution in [0.4, 0.5) is 8.78 Å². The summed E-state index contributed by atoms with van der Waals surface area (Å²) in [4.78, 5) is 11.8. The molecule has 0 radical (unpaired) electrons. The highest BCUT2D eigenvalue weighted by molar-refractivity contribution is 5.72. The van der Waals surface area contributed by atoms with Crippen molar-refractivity contribution in [2.24, 2.45) is 11.8 Å². The van der Waals surface area contributed by atoms with Crippen LogP contribution in [-0.2, 0) is 9.53 Å². The van der Waals surface area contributed by atoms with Crippen molar-refractivity contribution in [2.45, 2.75) is 53.1 Å². The molecule has 0 heterocycles. The Labute approximate surface area is 132 Å². The van der Waals surface area contributed by atoms with Crippen LogP contribution >= 0.6 is 0 Å². The number of esters is 1. The summed E-state index contributed by atoms with van der Waals surface area (Å²) in [6, 6.07) is 0. The van der Waals surface area contributed by atoms with Gasteiger partial charge in [-0.25, -0.2) is 8.78 Å². The van der Waals surface area contributed by atoms with Gasteiger partial charge in [0.15, 0.2) is 0 Å². The molecular weight excluding hydrogens is 286 g/mol. The lowest BCUT2D eigenvalue weighted by atomic mass is 9.84. The molecule has 0 fully saturated rings. The van der Waals surface area contributed by atoms with Gasteiger partial charge in [0.05, 0.1) is 12.5 Å². The molecule has 2 nitrogen and oxygen atoms in total. The molecule has 0 aromatic carbocycles. The quantitative estimate of drug-likeness (QED) is 0.470. The van der Waals surface area contributed by atoms with Crippen LogP contribution < -0.4 is 0 Å². The molecule has 0 aliphatic heterocycles. The Morgan fingerprint density at radius 3 is 2.55 bits per heavy atom. The summed E-state index contributed by atoms with van der Waals surface area (Å²) < 4.78 is 31.7. The Hall–Kier alpha value is -1.45. The Balaban J connectivity index is 0.00000211. The van der Waals surface area contributed by atoms with Gasteiger partial charge in [-0.3, -0.25) is 4.79 Å². The molecule has 0 saturated carbocycles. The van der Waals surface area contributed by atoms with E-state index in [1.807, 2.05) is 20.8 Å². The van der Waals surface area contributed by atoms with E-state index >= 15 is 0 Å². The van der Waals surface area contributed by atoms with E-state index in [-0.39, 0.29) is 11.9 Å². The first kappa shape index (κ1) is 20.6. The summed E-state index contributed by atoms with van der Waals surface area (Å²) >= 11 is 0. The molecule has 0 spiro atoms. The van der Waals surface area contributed by atoms with Crippen LogP contribution in [0.15, 0.2) is 36.2 Å². The second kappa shape index (κ2) is 11.2. The SMILES string of the molecule is C=C(CC(CCC)C(=O)OCC)C1C=CC(F)=CC1F.CC. The summed E-state index contributed by atoms with van der Waals surface area (Å²) in [7, 11) is 0. The first-order chi connectivity index (χ1) is 10.5. The Bertz CT molecular complexity index is 413. The predicted octanol–water partition coefficient (Wildman–Crippen LogP) is 5.32. The molecular formula is C18H28F2O2. The van der Waals surface area contributed by atoms with E-state index in [1.165, 1.54) is 12.2 Å². The van der Waals surface area contributed by atoms with Crippen molar-refractivity contribution >= 4 is 5.97 Å². The summed E-state index contributed by atoms with van der Waals surface area (Å²) in [6.45, 7) is 11.9. The van der Waals surface area contributed by atoms with Crippen molar-refractivity contribution in [3.63, 3.8) is 0 Å². The summed E-state index contributed by atoms with van der Waals surface area (Å²) in [5.74, 6) is -1.71. The van der Waals surface area contributed by atoms with E-state index in [2.05, 4.69) is 6.58 Å². The zero-order valence-electron chi connectivity index (χ0n) is 14.1. The monoisotopic (exact) mass is 314 g/mol. The molecule has 22 heavy (non-hydrogen) atoms. The van der Waals surface area contributed by atoms with Crippen LogP contribution in [0.3, 0.4) is 0 Å². The van der Waals surface area contributed by atoms with Gasteiger partial charge in [-0.05, 0) is 31.9 Å². The van der Waals surface area contributed by atoms with Gasteiger partial charge < -0.3 is 4.74 Å². The molecule has 3 unspecified atom stereocenters. The minimum Gasteiger partial charge on any atom is -0.466 e. The van der Waals surface area contributed by atoms with Crippen molar-refractivity contribution in [3.8, 4) is 0 Å². The van der Waals surface area contributed by atoms with Crippen LogP contribution in [0.1, 0.15) is 47.0 Å². The van der Waals surface area contributed by atoms with Crippen molar-refractivity contribution in [2.75, 3.05) is 6.61 Å². The standard InChI is InChI=1S/C16H22F2O2.C2H6/c1-4-6-12(16(19)20-5-2)9-11(3)14-8-7-13(17)10-15(14)18;1-2/h7-8,10,12,14-15H,3-6,9H2,1-2H3;1-2H3. The van der Waals surface area contributed by atoms with Gasteiger partial charge in [0.1, 0.15) is 12.0 Å². The smallest absolute Gasteiger partial charge is 0.309 e. The Morgan fingerprint density at radius 2 is 2.05 bits per heavy atom. The highest BCUT2D eigenvalue weighted by atomic mass is 19.1. The lowest BCUT2D eigenvalue weighted by Crippen LogP contribution is -2.23. The predicted molar refractivity (Wildman–Crippen MR) is 86.9 cm³/mol. The number of carbonyl (C=O) groups is 1. The van der Waals surface area contributed by atoms with Gasteiger partial charge in [-0.1, -0.05) is 45.4 Å². The minimum absolute atomic E-state index is 0.271. The van der Waals surface area contributed by atoms with Crippen molar-refractivity contribution in [1.29, 1.82) is 0 Å². The third kappa shape index (κ3) is 6.54. The van der Waals surface area contributed by atoms with Crippen LogP contribution in [0, 0.1) is 11.8 Å². The number of carbonyl (C=O) groups excluding carboxylic acids is 1. The Kier molecular flexibility index (Phi) is 10.4. The van der Waals surface area contributed by atoms with Gasteiger partial charge in [0.25, 0.3) is 0 Å². The van der Waals surface area contributed by atoms with Crippen LogP contribution in [-0.4, -0.2) is 18.7 Å². The maximum absolute atomic E-state index is 13.8. The van der Waals surface area contributed by atoms with Gasteiger partial charge >= 0.3 is 5.97 Å². The molecule has 1 aliphatic rings. The van der Waals surface area contributed by atoms with E-state index in [1.54, 1.807) is 6.92 Å². The number of hydrogen-bond acceptors (Lipinski definition) is 2. The molecule has 4 heteroatoms. The van der Waals surface area contributed by atoms with Gasteiger partial charge in [-0.2, -0.15) is 0 Å². The van der Waals surface area contributed by atoms with Gasteiger partial charge in [-0.15, -0.1) is 0 Å². The zero-order chi connectivity index (χ0) is 17.1. The highest BCUT2D eigenvalue weighted by Crippen LogP contribution is 2.31. The first-order valence-corrected chi connectivity index (χ1v) is 8.03. The lowest BCUT2D eigenvalue weighted by Gasteiger charge is -2.23. The summed E-state index contributed by atoms with van der Waals surface area (Å²) in [5.41, 5.74) is 0.601. The van der Waals surface area contributed by atoms with E-state index in [0.717, 1.165) is 12.5 Å². The fraction of sp³-hybridized carbons (Fsp3) is 0.611. The van der Waals surface area contributed by atoms with E-state index in [0.29, 0.717) is 25.0 Å². The third-order valence-corrected chi connectivity index (χ3v) is 3.36. The molecule has 0 amide bonds. The molecule has 126 valence electrons. The molecule has 1 rings (SSSR count). The highest BCUT2D eigenvalue weighted by Gasteiger charge is 2.27. The summed E-state index contributed by atoms with van der Waals surface area (Å²) in [5, 5.41) is 0. The fourth-order valence-electron chi connectivity index (χ4n) is 2.34.